The van der Waals surface area contributed by atoms with E-state index < -0.39 is 29.7 Å². The van der Waals surface area contributed by atoms with E-state index in [4.69, 9.17) is 10.5 Å². The second kappa shape index (κ2) is 4.76. The van der Waals surface area contributed by atoms with Crippen LogP contribution in [-0.4, -0.2) is 29.7 Å². The first kappa shape index (κ1) is 14.2. The van der Waals surface area contributed by atoms with E-state index >= 15 is 0 Å². The van der Waals surface area contributed by atoms with Crippen molar-refractivity contribution in [1.82, 2.24) is 5.32 Å². The number of hydrogen-bond acceptors (Lipinski definition) is 3. The van der Waals surface area contributed by atoms with Crippen LogP contribution >= 0.6 is 0 Å². The number of nitrogens with one attached hydrogen (secondary N) is 1. The van der Waals surface area contributed by atoms with E-state index in [1.807, 2.05) is 0 Å². The molecule has 3 N–H and O–H groups in total. The largest absolute Gasteiger partial charge is 0.444 e. The van der Waals surface area contributed by atoms with Gasteiger partial charge >= 0.3 is 6.09 Å². The van der Waals surface area contributed by atoms with E-state index in [-0.39, 0.29) is 6.42 Å². The molecule has 1 fully saturated rings. The molecular formula is C11H20F2N2O2. The molecule has 1 aliphatic rings. The Morgan fingerprint density at radius 2 is 2.06 bits per heavy atom. The summed E-state index contributed by atoms with van der Waals surface area (Å²) >= 11 is 0. The molecule has 0 spiro atoms. The standard InChI is InChI=1S/C11H20F2N2O2/c1-10(2,3)17-9(16)15-8-7(14)5-4-6-11(8,12)13/h7-8H,4-6,14H2,1-3H3,(H,15,16)/t7?,8-/m1/s1. The third kappa shape index (κ3) is 4.11. The van der Waals surface area contributed by atoms with Gasteiger partial charge in [0, 0.05) is 12.5 Å². The zero-order valence-corrected chi connectivity index (χ0v) is 10.4. The van der Waals surface area contributed by atoms with Gasteiger partial charge in [-0.05, 0) is 33.6 Å². The van der Waals surface area contributed by atoms with Crippen molar-refractivity contribution in [3.8, 4) is 0 Å². The molecule has 1 amide bonds. The summed E-state index contributed by atoms with van der Waals surface area (Å²) in [6, 6.07) is -2.07. The molecule has 4 nitrogen and oxygen atoms in total. The fourth-order valence-corrected chi connectivity index (χ4v) is 1.86. The maximum absolute atomic E-state index is 13.6. The Kier molecular flexibility index (Phi) is 3.96. The number of halogens is 2. The number of alkyl carbamates (subject to hydrolysis) is 1. The second-order valence-electron chi connectivity index (χ2n) is 5.44. The summed E-state index contributed by atoms with van der Waals surface area (Å²) < 4.78 is 32.1. The quantitative estimate of drug-likeness (QED) is 0.748. The lowest BCUT2D eigenvalue weighted by Crippen LogP contribution is -2.60. The molecule has 0 heterocycles. The van der Waals surface area contributed by atoms with Gasteiger partial charge < -0.3 is 15.8 Å². The van der Waals surface area contributed by atoms with Gasteiger partial charge in [0.05, 0.1) is 0 Å². The lowest BCUT2D eigenvalue weighted by Gasteiger charge is -2.36. The van der Waals surface area contributed by atoms with E-state index in [1.165, 1.54) is 0 Å². The van der Waals surface area contributed by atoms with Gasteiger partial charge in [0.2, 0.25) is 0 Å². The van der Waals surface area contributed by atoms with Gasteiger partial charge in [0.15, 0.2) is 0 Å². The van der Waals surface area contributed by atoms with Crippen molar-refractivity contribution in [2.45, 2.75) is 63.6 Å². The van der Waals surface area contributed by atoms with E-state index in [0.29, 0.717) is 12.8 Å². The number of carbonyl (C=O) groups excluding carboxylic acids is 1. The van der Waals surface area contributed by atoms with Crippen LogP contribution in [0.4, 0.5) is 13.6 Å². The summed E-state index contributed by atoms with van der Waals surface area (Å²) in [7, 11) is 0. The number of carbonyl (C=O) groups is 1. The van der Waals surface area contributed by atoms with Gasteiger partial charge in [-0.2, -0.15) is 0 Å². The average molecular weight is 250 g/mol. The first-order valence-corrected chi connectivity index (χ1v) is 5.75. The highest BCUT2D eigenvalue weighted by Crippen LogP contribution is 2.33. The van der Waals surface area contributed by atoms with E-state index in [0.717, 1.165) is 0 Å². The lowest BCUT2D eigenvalue weighted by atomic mass is 9.87. The van der Waals surface area contributed by atoms with E-state index in [1.54, 1.807) is 20.8 Å². The Morgan fingerprint density at radius 1 is 1.47 bits per heavy atom. The van der Waals surface area contributed by atoms with Crippen molar-refractivity contribution in [2.24, 2.45) is 5.73 Å². The molecule has 1 rings (SSSR count). The molecule has 17 heavy (non-hydrogen) atoms. The minimum atomic E-state index is -2.96. The van der Waals surface area contributed by atoms with Gasteiger partial charge in [-0.3, -0.25) is 0 Å². The number of rotatable bonds is 1. The Hall–Kier alpha value is -0.910. The van der Waals surface area contributed by atoms with Crippen LogP contribution in [0.5, 0.6) is 0 Å². The van der Waals surface area contributed by atoms with E-state index in [9.17, 15) is 13.6 Å². The predicted molar refractivity (Wildman–Crippen MR) is 59.9 cm³/mol. The molecule has 0 bridgehead atoms. The molecule has 1 saturated carbocycles. The van der Waals surface area contributed by atoms with Crippen molar-refractivity contribution in [1.29, 1.82) is 0 Å². The van der Waals surface area contributed by atoms with Crippen LogP contribution < -0.4 is 11.1 Å². The molecule has 100 valence electrons. The number of alkyl halides is 2. The van der Waals surface area contributed by atoms with Gasteiger partial charge in [-0.25, -0.2) is 13.6 Å². The summed E-state index contributed by atoms with van der Waals surface area (Å²) in [6.45, 7) is 5.02. The first-order chi connectivity index (χ1) is 7.62. The summed E-state index contributed by atoms with van der Waals surface area (Å²) in [5, 5.41) is 2.18. The summed E-state index contributed by atoms with van der Waals surface area (Å²) in [6.07, 6.45) is -0.239. The fourth-order valence-electron chi connectivity index (χ4n) is 1.86. The Labute approximate surface area is 99.9 Å². The smallest absolute Gasteiger partial charge is 0.408 e. The Bertz CT molecular complexity index is 290. The van der Waals surface area contributed by atoms with Gasteiger partial charge in [0.1, 0.15) is 11.6 Å². The predicted octanol–water partition coefficient (Wildman–Crippen LogP) is 2.03. The summed E-state index contributed by atoms with van der Waals surface area (Å²) in [5.41, 5.74) is 4.91. The first-order valence-electron chi connectivity index (χ1n) is 5.75. The fraction of sp³-hybridized carbons (Fsp3) is 0.909. The van der Waals surface area contributed by atoms with Gasteiger partial charge in [0.25, 0.3) is 5.92 Å². The third-order valence-electron chi connectivity index (χ3n) is 2.60. The Balaban J connectivity index is 2.62. The number of nitrogens with two attached hydrogens (primary N) is 1. The molecule has 0 aliphatic heterocycles. The van der Waals surface area contributed by atoms with Gasteiger partial charge in [-0.15, -0.1) is 0 Å². The molecule has 1 unspecified atom stereocenters. The molecule has 0 aromatic rings. The zero-order chi connectivity index (χ0) is 13.3. The molecular weight excluding hydrogens is 230 g/mol. The van der Waals surface area contributed by atoms with Crippen LogP contribution in [0, 0.1) is 0 Å². The van der Waals surface area contributed by atoms with Crippen molar-refractivity contribution >= 4 is 6.09 Å². The molecule has 0 saturated heterocycles. The topological polar surface area (TPSA) is 64.3 Å². The summed E-state index contributed by atoms with van der Waals surface area (Å²) in [4.78, 5) is 11.4. The maximum atomic E-state index is 13.6. The van der Waals surface area contributed by atoms with Crippen molar-refractivity contribution in [3.05, 3.63) is 0 Å². The number of amides is 1. The molecule has 2 atom stereocenters. The molecule has 0 aromatic heterocycles. The second-order valence-corrected chi connectivity index (χ2v) is 5.44. The molecule has 0 radical (unpaired) electrons. The molecule has 1 aliphatic carbocycles. The highest BCUT2D eigenvalue weighted by atomic mass is 19.3. The van der Waals surface area contributed by atoms with E-state index in [2.05, 4.69) is 5.32 Å². The number of hydrogen-bond donors (Lipinski definition) is 2. The highest BCUT2D eigenvalue weighted by Gasteiger charge is 2.47. The monoisotopic (exact) mass is 250 g/mol. The minimum absolute atomic E-state index is 0.249. The van der Waals surface area contributed by atoms with Crippen LogP contribution in [0.2, 0.25) is 0 Å². The van der Waals surface area contributed by atoms with Gasteiger partial charge in [-0.1, -0.05) is 0 Å². The normalized spacial score (nSPS) is 28.6. The minimum Gasteiger partial charge on any atom is -0.444 e. The third-order valence-corrected chi connectivity index (χ3v) is 2.60. The lowest BCUT2D eigenvalue weighted by molar-refractivity contribution is -0.0715. The zero-order valence-electron chi connectivity index (χ0n) is 10.4. The summed E-state index contributed by atoms with van der Waals surface area (Å²) in [5.74, 6) is -2.96. The Morgan fingerprint density at radius 3 is 2.53 bits per heavy atom. The van der Waals surface area contributed by atoms with Crippen LogP contribution in [0.15, 0.2) is 0 Å². The van der Waals surface area contributed by atoms with Crippen LogP contribution in [0.25, 0.3) is 0 Å². The average Bonchev–Trinajstić information content (AvgIpc) is 2.08. The number of ether oxygens (including phenoxy) is 1. The van der Waals surface area contributed by atoms with Crippen LogP contribution in [-0.2, 0) is 4.74 Å². The van der Waals surface area contributed by atoms with Crippen molar-refractivity contribution in [3.63, 3.8) is 0 Å². The SMILES string of the molecule is CC(C)(C)OC(=O)N[C@@H]1C(N)CCCC1(F)F. The van der Waals surface area contributed by atoms with Crippen LogP contribution in [0.3, 0.4) is 0 Å². The maximum Gasteiger partial charge on any atom is 0.408 e. The van der Waals surface area contributed by atoms with Crippen LogP contribution in [0.1, 0.15) is 40.0 Å². The highest BCUT2D eigenvalue weighted by molar-refractivity contribution is 5.68. The molecule has 6 heteroatoms. The molecule has 0 aromatic carbocycles. The van der Waals surface area contributed by atoms with Crippen molar-refractivity contribution < 1.29 is 18.3 Å². The van der Waals surface area contributed by atoms with Crippen molar-refractivity contribution in [2.75, 3.05) is 0 Å².